The molecule has 0 aliphatic carbocycles. The van der Waals surface area contributed by atoms with Gasteiger partial charge in [0.1, 0.15) is 0 Å². The van der Waals surface area contributed by atoms with Crippen molar-refractivity contribution in [3.05, 3.63) is 0 Å². The number of hydrogen-bond donors (Lipinski definition) is 0. The Balaban J connectivity index is -0.000000720. The van der Waals surface area contributed by atoms with Gasteiger partial charge in [0.15, 0.2) is 0 Å². The molecule has 3 heteroatoms. The second-order valence-electron chi connectivity index (χ2n) is 4.24. The Morgan fingerprint density at radius 2 is 0.733 bits per heavy atom. The van der Waals surface area contributed by atoms with E-state index in [0.717, 1.165) is 0 Å². The maximum absolute atomic E-state index is 2.31. The Hall–Kier alpha value is -0.120. The summed E-state index contributed by atoms with van der Waals surface area (Å²) in [5, 5.41) is 0. The molecule has 0 amide bonds. The second-order valence-corrected chi connectivity index (χ2v) is 4.24. The molecule has 0 aromatic rings. The third-order valence-corrected chi connectivity index (χ3v) is 2.79. The van der Waals surface area contributed by atoms with E-state index in [1.165, 1.54) is 56.3 Å². The smallest absolute Gasteiger partial charge is 0.0783 e. The molecular formula is C12H32NO2+. The number of nitrogens with zero attached hydrogens (tertiary/aromatic N) is 1. The molecule has 3 nitrogen and oxygen atoms in total. The molecule has 0 aromatic heterocycles. The maximum Gasteiger partial charge on any atom is 0.0783 e. The lowest BCUT2D eigenvalue weighted by Gasteiger charge is -2.38. The van der Waals surface area contributed by atoms with E-state index >= 15 is 0 Å². The first-order valence-electron chi connectivity index (χ1n) is 6.09. The summed E-state index contributed by atoms with van der Waals surface area (Å²) in [6.07, 6.45) is 5.33. The first-order chi connectivity index (χ1) is 6.24. The summed E-state index contributed by atoms with van der Waals surface area (Å²) in [5.41, 5.74) is 0. The zero-order valence-corrected chi connectivity index (χ0v) is 11.1. The van der Waals surface area contributed by atoms with Gasteiger partial charge in [-0.05, 0) is 25.7 Å². The topological polar surface area (TPSA) is 63.0 Å². The largest absolute Gasteiger partial charge is 0.412 e. The van der Waals surface area contributed by atoms with Crippen LogP contribution < -0.4 is 0 Å². The summed E-state index contributed by atoms with van der Waals surface area (Å²) in [6, 6.07) is 0. The average Bonchev–Trinajstić information content (AvgIpc) is 2.06. The third kappa shape index (κ3) is 7.77. The minimum absolute atomic E-state index is 0. The van der Waals surface area contributed by atoms with Gasteiger partial charge in [-0.15, -0.1) is 0 Å². The van der Waals surface area contributed by atoms with E-state index in [9.17, 15) is 0 Å². The number of rotatable bonds is 8. The summed E-state index contributed by atoms with van der Waals surface area (Å²) in [4.78, 5) is 0. The van der Waals surface area contributed by atoms with Crippen LogP contribution in [0.1, 0.15) is 53.4 Å². The van der Waals surface area contributed by atoms with Gasteiger partial charge < -0.3 is 15.4 Å². The van der Waals surface area contributed by atoms with Crippen molar-refractivity contribution in [2.75, 3.05) is 26.2 Å². The molecule has 0 bridgehead atoms. The predicted octanol–water partition coefficient (Wildman–Crippen LogP) is 1.79. The van der Waals surface area contributed by atoms with Gasteiger partial charge in [0.25, 0.3) is 0 Å². The van der Waals surface area contributed by atoms with Crippen molar-refractivity contribution in [1.82, 2.24) is 0 Å². The van der Waals surface area contributed by atoms with Crippen LogP contribution in [0.2, 0.25) is 0 Å². The van der Waals surface area contributed by atoms with Crippen LogP contribution in [0.4, 0.5) is 0 Å². The van der Waals surface area contributed by atoms with Gasteiger partial charge >= 0.3 is 0 Å². The van der Waals surface area contributed by atoms with Crippen molar-refractivity contribution in [3.63, 3.8) is 0 Å². The lowest BCUT2D eigenvalue weighted by atomic mass is 10.2. The summed E-state index contributed by atoms with van der Waals surface area (Å²) < 4.78 is 1.38. The molecule has 0 heterocycles. The maximum atomic E-state index is 2.31. The monoisotopic (exact) mass is 222 g/mol. The highest BCUT2D eigenvalue weighted by molar-refractivity contribution is 4.43. The van der Waals surface area contributed by atoms with Crippen LogP contribution in [0.15, 0.2) is 0 Å². The highest BCUT2D eigenvalue weighted by Crippen LogP contribution is 2.12. The molecule has 0 atom stereocenters. The number of quaternary nitrogens is 1. The van der Waals surface area contributed by atoms with Crippen LogP contribution in [-0.2, 0) is 0 Å². The molecule has 0 aliphatic heterocycles. The van der Waals surface area contributed by atoms with Gasteiger partial charge in [-0.2, -0.15) is 0 Å². The fourth-order valence-electron chi connectivity index (χ4n) is 2.57. The van der Waals surface area contributed by atoms with Gasteiger partial charge in [-0.25, -0.2) is 0 Å². The predicted molar refractivity (Wildman–Crippen MR) is 68.1 cm³/mol. The van der Waals surface area contributed by atoms with Crippen LogP contribution >= 0.6 is 0 Å². The quantitative estimate of drug-likeness (QED) is 0.562. The second kappa shape index (κ2) is 12.0. The van der Waals surface area contributed by atoms with Crippen molar-refractivity contribution in [3.8, 4) is 0 Å². The highest BCUT2D eigenvalue weighted by Gasteiger charge is 2.22. The molecule has 0 rings (SSSR count). The van der Waals surface area contributed by atoms with Crippen LogP contribution in [0, 0.1) is 0 Å². The van der Waals surface area contributed by atoms with E-state index in [-0.39, 0.29) is 11.0 Å². The lowest BCUT2D eigenvalue weighted by molar-refractivity contribution is -0.928. The Morgan fingerprint density at radius 1 is 0.533 bits per heavy atom. The Kier molecular flexibility index (Phi) is 16.2. The highest BCUT2D eigenvalue weighted by atomic mass is 16.0. The SMILES string of the molecule is CCC[N+](CCC)(CCC)CCC.O.O. The fourth-order valence-corrected chi connectivity index (χ4v) is 2.57. The molecule has 0 spiro atoms. The fraction of sp³-hybridized carbons (Fsp3) is 1.00. The first kappa shape index (κ1) is 20.3. The van der Waals surface area contributed by atoms with E-state index in [4.69, 9.17) is 0 Å². The zero-order valence-electron chi connectivity index (χ0n) is 11.1. The van der Waals surface area contributed by atoms with Crippen molar-refractivity contribution in [2.24, 2.45) is 0 Å². The van der Waals surface area contributed by atoms with Crippen LogP contribution in [-0.4, -0.2) is 41.6 Å². The van der Waals surface area contributed by atoms with Crippen molar-refractivity contribution < 1.29 is 15.4 Å². The Labute approximate surface area is 95.7 Å². The van der Waals surface area contributed by atoms with Gasteiger partial charge in [0.05, 0.1) is 26.2 Å². The standard InChI is InChI=1S/C12H28N.2H2O/c1-5-9-13(10-6-2,11-7-3)12-8-4;;/h5-12H2,1-4H3;2*1H2/q+1;;. The molecule has 0 aliphatic rings. The minimum Gasteiger partial charge on any atom is -0.412 e. The van der Waals surface area contributed by atoms with Crippen LogP contribution in [0.3, 0.4) is 0 Å². The first-order valence-corrected chi connectivity index (χ1v) is 6.09. The third-order valence-electron chi connectivity index (χ3n) is 2.79. The molecule has 4 N–H and O–H groups in total. The normalized spacial score (nSPS) is 10.4. The van der Waals surface area contributed by atoms with E-state index in [2.05, 4.69) is 27.7 Å². The Bertz CT molecular complexity index is 88.7. The van der Waals surface area contributed by atoms with Gasteiger partial charge in [0, 0.05) is 0 Å². The molecule has 0 saturated carbocycles. The van der Waals surface area contributed by atoms with E-state index in [1.54, 1.807) is 0 Å². The lowest BCUT2D eigenvalue weighted by Crippen LogP contribution is -2.50. The van der Waals surface area contributed by atoms with Crippen molar-refractivity contribution >= 4 is 0 Å². The molecule has 0 aromatic carbocycles. The van der Waals surface area contributed by atoms with Gasteiger partial charge in [-0.3, -0.25) is 0 Å². The van der Waals surface area contributed by atoms with Crippen LogP contribution in [0.5, 0.6) is 0 Å². The Morgan fingerprint density at radius 3 is 0.867 bits per heavy atom. The summed E-state index contributed by atoms with van der Waals surface area (Å²) in [6.45, 7) is 14.8. The average molecular weight is 222 g/mol. The summed E-state index contributed by atoms with van der Waals surface area (Å²) in [5.74, 6) is 0. The summed E-state index contributed by atoms with van der Waals surface area (Å²) in [7, 11) is 0. The molecular weight excluding hydrogens is 190 g/mol. The molecule has 0 radical (unpaired) electrons. The molecule has 96 valence electrons. The van der Waals surface area contributed by atoms with Crippen molar-refractivity contribution in [2.45, 2.75) is 53.4 Å². The van der Waals surface area contributed by atoms with E-state index in [1.807, 2.05) is 0 Å². The minimum atomic E-state index is 0. The zero-order chi connectivity index (χ0) is 10.2. The molecule has 0 fully saturated rings. The molecule has 15 heavy (non-hydrogen) atoms. The summed E-state index contributed by atoms with van der Waals surface area (Å²) >= 11 is 0. The van der Waals surface area contributed by atoms with Gasteiger partial charge in [0.2, 0.25) is 0 Å². The number of hydrogen-bond acceptors (Lipinski definition) is 0. The molecule has 0 saturated heterocycles. The van der Waals surface area contributed by atoms with Crippen molar-refractivity contribution in [1.29, 1.82) is 0 Å². The molecule has 0 unspecified atom stereocenters. The van der Waals surface area contributed by atoms with E-state index < -0.39 is 0 Å². The van der Waals surface area contributed by atoms with E-state index in [0.29, 0.717) is 0 Å². The van der Waals surface area contributed by atoms with Gasteiger partial charge in [-0.1, -0.05) is 27.7 Å². The van der Waals surface area contributed by atoms with Crippen LogP contribution in [0.25, 0.3) is 0 Å².